The molecule has 9 heteroatoms. The molecule has 3 rings (SSSR count). The van der Waals surface area contributed by atoms with Gasteiger partial charge in [-0.1, -0.05) is 18.2 Å². The first kappa shape index (κ1) is 24.8. The van der Waals surface area contributed by atoms with Gasteiger partial charge in [-0.15, -0.1) is 0 Å². The van der Waals surface area contributed by atoms with Crippen molar-refractivity contribution >= 4 is 38.9 Å². The van der Waals surface area contributed by atoms with Crippen molar-refractivity contribution in [3.05, 3.63) is 77.4 Å². The maximum absolute atomic E-state index is 13.3. The fourth-order valence-electron chi connectivity index (χ4n) is 3.45. The van der Waals surface area contributed by atoms with Crippen LogP contribution in [0.1, 0.15) is 28.4 Å². The number of rotatable bonds is 7. The van der Waals surface area contributed by atoms with Crippen molar-refractivity contribution in [2.75, 3.05) is 29.1 Å². The normalized spacial score (nSPS) is 11.0. The van der Waals surface area contributed by atoms with E-state index >= 15 is 0 Å². The predicted octanol–water partition coefficient (Wildman–Crippen LogP) is 4.35. The van der Waals surface area contributed by atoms with Crippen LogP contribution in [-0.2, 0) is 14.8 Å². The molecule has 0 aromatic heterocycles. The third-order valence-electron chi connectivity index (χ3n) is 5.33. The Morgan fingerprint density at radius 3 is 2.26 bits per heavy atom. The number of methoxy groups -OCH3 is 1. The number of amides is 2. The highest BCUT2D eigenvalue weighted by Crippen LogP contribution is 2.31. The van der Waals surface area contributed by atoms with Crippen molar-refractivity contribution in [2.24, 2.45) is 0 Å². The van der Waals surface area contributed by atoms with Gasteiger partial charge in [-0.2, -0.15) is 0 Å². The van der Waals surface area contributed by atoms with Gasteiger partial charge in [0.25, 0.3) is 15.9 Å². The number of carbonyl (C=O) groups excluding carboxylic acids is 2. The van der Waals surface area contributed by atoms with Gasteiger partial charge in [-0.3, -0.25) is 13.9 Å². The highest BCUT2D eigenvalue weighted by molar-refractivity contribution is 7.92. The van der Waals surface area contributed by atoms with E-state index in [9.17, 15) is 18.0 Å². The van der Waals surface area contributed by atoms with E-state index in [2.05, 4.69) is 10.6 Å². The summed E-state index contributed by atoms with van der Waals surface area (Å²) in [6.45, 7) is 4.97. The van der Waals surface area contributed by atoms with Crippen molar-refractivity contribution in [1.29, 1.82) is 0 Å². The van der Waals surface area contributed by atoms with Gasteiger partial charge in [0.05, 0.1) is 17.7 Å². The molecule has 0 saturated heterocycles. The molecule has 0 aliphatic rings. The lowest BCUT2D eigenvalue weighted by Gasteiger charge is -2.22. The molecule has 178 valence electrons. The van der Waals surface area contributed by atoms with Crippen LogP contribution in [0, 0.1) is 13.8 Å². The minimum absolute atomic E-state index is 0.0196. The molecule has 2 N–H and O–H groups in total. The Bertz CT molecular complexity index is 1350. The topological polar surface area (TPSA) is 105 Å². The SMILES string of the molecule is COc1ccccc1N(C)S(=O)(=O)c1ccc(C)c(C(=O)Nc2ccc(NC(C)=O)c(C)c2)c1. The summed E-state index contributed by atoms with van der Waals surface area (Å²) in [5, 5.41) is 5.52. The Kier molecular flexibility index (Phi) is 7.26. The Balaban J connectivity index is 1.90. The zero-order valence-electron chi connectivity index (χ0n) is 19.7. The lowest BCUT2D eigenvalue weighted by atomic mass is 10.1. The lowest BCUT2D eigenvalue weighted by molar-refractivity contribution is -0.114. The summed E-state index contributed by atoms with van der Waals surface area (Å²) in [6.07, 6.45) is 0. The van der Waals surface area contributed by atoms with Crippen LogP contribution in [0.25, 0.3) is 0 Å². The molecule has 0 unspecified atom stereocenters. The van der Waals surface area contributed by atoms with Crippen LogP contribution in [0.15, 0.2) is 65.6 Å². The summed E-state index contributed by atoms with van der Waals surface area (Å²) in [4.78, 5) is 24.3. The number of para-hydroxylation sites is 2. The molecule has 0 saturated carbocycles. The molecule has 0 bridgehead atoms. The third-order valence-corrected chi connectivity index (χ3v) is 7.10. The predicted molar refractivity (Wildman–Crippen MR) is 133 cm³/mol. The number of anilines is 3. The van der Waals surface area contributed by atoms with Crippen LogP contribution in [0.2, 0.25) is 0 Å². The van der Waals surface area contributed by atoms with Gasteiger partial charge < -0.3 is 15.4 Å². The smallest absolute Gasteiger partial charge is 0.264 e. The molecular weight excluding hydrogens is 454 g/mol. The van der Waals surface area contributed by atoms with E-state index in [0.717, 1.165) is 9.87 Å². The number of nitrogens with one attached hydrogen (secondary N) is 2. The second kappa shape index (κ2) is 9.96. The van der Waals surface area contributed by atoms with E-state index in [4.69, 9.17) is 4.74 Å². The number of ether oxygens (including phenoxy) is 1. The monoisotopic (exact) mass is 481 g/mol. The molecule has 8 nitrogen and oxygen atoms in total. The second-order valence-electron chi connectivity index (χ2n) is 7.79. The maximum Gasteiger partial charge on any atom is 0.264 e. The number of nitrogens with zero attached hydrogens (tertiary/aromatic N) is 1. The van der Waals surface area contributed by atoms with Crippen molar-refractivity contribution in [3.8, 4) is 5.75 Å². The zero-order valence-corrected chi connectivity index (χ0v) is 20.5. The van der Waals surface area contributed by atoms with E-state index in [1.165, 1.54) is 33.2 Å². The van der Waals surface area contributed by atoms with Gasteiger partial charge in [0.2, 0.25) is 5.91 Å². The van der Waals surface area contributed by atoms with E-state index < -0.39 is 15.9 Å². The van der Waals surface area contributed by atoms with Crippen molar-refractivity contribution < 1.29 is 22.7 Å². The van der Waals surface area contributed by atoms with Crippen LogP contribution in [0.4, 0.5) is 17.1 Å². The highest BCUT2D eigenvalue weighted by atomic mass is 32.2. The standard InChI is InChI=1S/C25H27N3O5S/c1-16-10-12-20(34(31,32)28(4)23-8-6-7-9-24(23)33-5)15-21(16)25(30)27-19-11-13-22(17(2)14-19)26-18(3)29/h6-15H,1-5H3,(H,26,29)(H,27,30). The first-order valence-corrected chi connectivity index (χ1v) is 11.9. The van der Waals surface area contributed by atoms with Crippen LogP contribution in [-0.4, -0.2) is 34.4 Å². The highest BCUT2D eigenvalue weighted by Gasteiger charge is 2.25. The van der Waals surface area contributed by atoms with Crippen LogP contribution in [0.5, 0.6) is 5.75 Å². The number of hydrogen-bond acceptors (Lipinski definition) is 5. The van der Waals surface area contributed by atoms with Gasteiger partial charge in [0, 0.05) is 30.9 Å². The number of benzene rings is 3. The number of sulfonamides is 1. The number of aryl methyl sites for hydroxylation is 2. The maximum atomic E-state index is 13.3. The van der Waals surface area contributed by atoms with Gasteiger partial charge >= 0.3 is 0 Å². The average molecular weight is 482 g/mol. The number of carbonyl (C=O) groups is 2. The summed E-state index contributed by atoms with van der Waals surface area (Å²) in [7, 11) is -1.05. The summed E-state index contributed by atoms with van der Waals surface area (Å²) >= 11 is 0. The molecule has 0 heterocycles. The zero-order chi connectivity index (χ0) is 25.0. The summed E-state index contributed by atoms with van der Waals surface area (Å²) in [5.74, 6) is -0.218. The van der Waals surface area contributed by atoms with Crippen LogP contribution >= 0.6 is 0 Å². The molecule has 0 fully saturated rings. The molecule has 2 amide bonds. The minimum atomic E-state index is -3.96. The molecule has 0 atom stereocenters. The minimum Gasteiger partial charge on any atom is -0.495 e. The van der Waals surface area contributed by atoms with Crippen molar-refractivity contribution in [1.82, 2.24) is 0 Å². The van der Waals surface area contributed by atoms with Crippen molar-refractivity contribution in [3.63, 3.8) is 0 Å². The van der Waals surface area contributed by atoms with Crippen LogP contribution in [0.3, 0.4) is 0 Å². The Morgan fingerprint density at radius 1 is 0.912 bits per heavy atom. The van der Waals surface area contributed by atoms with Gasteiger partial charge in [-0.25, -0.2) is 8.42 Å². The van der Waals surface area contributed by atoms with Gasteiger partial charge in [0.1, 0.15) is 5.75 Å². The van der Waals surface area contributed by atoms with E-state index in [0.29, 0.717) is 28.4 Å². The quantitative estimate of drug-likeness (QED) is 0.522. The van der Waals surface area contributed by atoms with E-state index in [-0.39, 0.29) is 16.4 Å². The molecule has 34 heavy (non-hydrogen) atoms. The first-order chi connectivity index (χ1) is 16.0. The van der Waals surface area contributed by atoms with Gasteiger partial charge in [0.15, 0.2) is 0 Å². The van der Waals surface area contributed by atoms with E-state index in [1.807, 2.05) is 6.92 Å². The largest absolute Gasteiger partial charge is 0.495 e. The lowest BCUT2D eigenvalue weighted by Crippen LogP contribution is -2.27. The Morgan fingerprint density at radius 2 is 1.62 bits per heavy atom. The summed E-state index contributed by atoms with van der Waals surface area (Å²) in [6, 6.07) is 16.3. The Labute approximate surface area is 199 Å². The molecule has 0 spiro atoms. The summed E-state index contributed by atoms with van der Waals surface area (Å²) in [5.41, 5.74) is 3.19. The summed E-state index contributed by atoms with van der Waals surface area (Å²) < 4.78 is 33.1. The Hall–Kier alpha value is -3.85. The van der Waals surface area contributed by atoms with Crippen molar-refractivity contribution in [2.45, 2.75) is 25.7 Å². The van der Waals surface area contributed by atoms with E-state index in [1.54, 1.807) is 55.5 Å². The third kappa shape index (κ3) is 5.20. The fraction of sp³-hybridized carbons (Fsp3) is 0.200. The van der Waals surface area contributed by atoms with Crippen LogP contribution < -0.4 is 19.7 Å². The van der Waals surface area contributed by atoms with Gasteiger partial charge in [-0.05, 0) is 67.4 Å². The molecule has 3 aromatic carbocycles. The average Bonchev–Trinajstić information content (AvgIpc) is 2.80. The molecular formula is C25H27N3O5S. The molecule has 0 aliphatic heterocycles. The molecule has 0 aliphatic carbocycles. The molecule has 3 aromatic rings. The second-order valence-corrected chi connectivity index (χ2v) is 9.76. The molecule has 0 radical (unpaired) electrons. The fourth-order valence-corrected chi connectivity index (χ4v) is 4.69. The first-order valence-electron chi connectivity index (χ1n) is 10.5. The number of hydrogen-bond donors (Lipinski definition) is 2.